The molecule has 2 rings (SSSR count). The van der Waals surface area contributed by atoms with Crippen LogP contribution in [0.15, 0.2) is 12.1 Å². The summed E-state index contributed by atoms with van der Waals surface area (Å²) >= 11 is 5.60. The number of carbonyl (C=O) groups excluding carboxylic acids is 1. The molecule has 0 fully saturated rings. The molecule has 0 saturated carbocycles. The number of halogens is 2. The number of rotatable bonds is 2. The SMILES string of the molecule is CCOC(=O)c1n[nH]c2cc(Cl)c(F)cc12. The maximum atomic E-state index is 13.2. The van der Waals surface area contributed by atoms with Gasteiger partial charge in [-0.05, 0) is 19.1 Å². The monoisotopic (exact) mass is 242 g/mol. The number of nitrogens with one attached hydrogen (secondary N) is 1. The lowest BCUT2D eigenvalue weighted by molar-refractivity contribution is 0.0521. The lowest BCUT2D eigenvalue weighted by atomic mass is 10.2. The molecule has 0 aliphatic carbocycles. The molecule has 0 radical (unpaired) electrons. The van der Waals surface area contributed by atoms with Gasteiger partial charge in [-0.25, -0.2) is 9.18 Å². The molecule has 1 heterocycles. The van der Waals surface area contributed by atoms with Gasteiger partial charge in [0.25, 0.3) is 0 Å². The molecule has 0 atom stereocenters. The molecule has 0 aliphatic rings. The van der Waals surface area contributed by atoms with Crippen molar-refractivity contribution in [2.24, 2.45) is 0 Å². The summed E-state index contributed by atoms with van der Waals surface area (Å²) in [4.78, 5) is 11.5. The Labute approximate surface area is 95.3 Å². The number of nitrogens with zero attached hydrogens (tertiary/aromatic N) is 1. The van der Waals surface area contributed by atoms with E-state index < -0.39 is 11.8 Å². The second-order valence-corrected chi connectivity index (χ2v) is 3.51. The zero-order valence-electron chi connectivity index (χ0n) is 8.38. The summed E-state index contributed by atoms with van der Waals surface area (Å²) in [5.41, 5.74) is 0.557. The van der Waals surface area contributed by atoms with Crippen molar-refractivity contribution in [3.05, 3.63) is 28.7 Å². The van der Waals surface area contributed by atoms with E-state index in [1.807, 2.05) is 0 Å². The Kier molecular flexibility index (Phi) is 2.78. The Morgan fingerprint density at radius 1 is 1.62 bits per heavy atom. The van der Waals surface area contributed by atoms with Crippen LogP contribution < -0.4 is 0 Å². The van der Waals surface area contributed by atoms with Crippen LogP contribution in [-0.4, -0.2) is 22.8 Å². The minimum absolute atomic E-state index is 0.0217. The van der Waals surface area contributed by atoms with Crippen molar-refractivity contribution in [3.8, 4) is 0 Å². The fraction of sp³-hybridized carbons (Fsp3) is 0.200. The Hall–Kier alpha value is -1.62. The van der Waals surface area contributed by atoms with Crippen LogP contribution in [0.3, 0.4) is 0 Å². The second-order valence-electron chi connectivity index (χ2n) is 3.10. The zero-order chi connectivity index (χ0) is 11.7. The topological polar surface area (TPSA) is 55.0 Å². The summed E-state index contributed by atoms with van der Waals surface area (Å²) in [6, 6.07) is 2.54. The molecule has 6 heteroatoms. The van der Waals surface area contributed by atoms with Gasteiger partial charge in [0.05, 0.1) is 17.1 Å². The number of benzene rings is 1. The molecule has 0 unspecified atom stereocenters. The van der Waals surface area contributed by atoms with Crippen LogP contribution in [-0.2, 0) is 4.74 Å². The third-order valence-electron chi connectivity index (χ3n) is 2.07. The van der Waals surface area contributed by atoms with Gasteiger partial charge < -0.3 is 4.74 Å². The van der Waals surface area contributed by atoms with Crippen molar-refractivity contribution < 1.29 is 13.9 Å². The highest BCUT2D eigenvalue weighted by Crippen LogP contribution is 2.23. The molecule has 0 bridgehead atoms. The Morgan fingerprint density at radius 2 is 2.38 bits per heavy atom. The third-order valence-corrected chi connectivity index (χ3v) is 2.36. The molecule has 0 aliphatic heterocycles. The van der Waals surface area contributed by atoms with Crippen LogP contribution in [0.25, 0.3) is 10.9 Å². The predicted octanol–water partition coefficient (Wildman–Crippen LogP) is 2.53. The van der Waals surface area contributed by atoms with E-state index >= 15 is 0 Å². The molecule has 84 valence electrons. The van der Waals surface area contributed by atoms with Crippen molar-refractivity contribution in [3.63, 3.8) is 0 Å². The van der Waals surface area contributed by atoms with Gasteiger partial charge >= 0.3 is 5.97 Å². The number of carbonyl (C=O) groups is 1. The van der Waals surface area contributed by atoms with Gasteiger partial charge in [-0.2, -0.15) is 5.10 Å². The Balaban J connectivity index is 2.56. The van der Waals surface area contributed by atoms with Crippen molar-refractivity contribution in [2.45, 2.75) is 6.92 Å². The average molecular weight is 243 g/mol. The molecule has 1 aromatic heterocycles. The fourth-order valence-corrected chi connectivity index (χ4v) is 1.53. The largest absolute Gasteiger partial charge is 0.461 e. The van der Waals surface area contributed by atoms with Gasteiger partial charge in [0.1, 0.15) is 5.82 Å². The van der Waals surface area contributed by atoms with Gasteiger partial charge in [-0.3, -0.25) is 5.10 Å². The number of hydrogen-bond donors (Lipinski definition) is 1. The lowest BCUT2D eigenvalue weighted by Gasteiger charge is -1.98. The summed E-state index contributed by atoms with van der Waals surface area (Å²) in [7, 11) is 0. The van der Waals surface area contributed by atoms with E-state index in [-0.39, 0.29) is 17.3 Å². The van der Waals surface area contributed by atoms with Gasteiger partial charge in [-0.1, -0.05) is 11.6 Å². The first-order valence-corrected chi connectivity index (χ1v) is 5.01. The van der Waals surface area contributed by atoms with Crippen LogP contribution in [0, 0.1) is 5.82 Å². The highest BCUT2D eigenvalue weighted by molar-refractivity contribution is 6.31. The maximum Gasteiger partial charge on any atom is 0.359 e. The first-order chi connectivity index (χ1) is 7.63. The number of fused-ring (bicyclic) bond motifs is 1. The summed E-state index contributed by atoms with van der Waals surface area (Å²) < 4.78 is 18.0. The minimum Gasteiger partial charge on any atom is -0.461 e. The minimum atomic E-state index is -0.596. The molecule has 2 aromatic rings. The van der Waals surface area contributed by atoms with Crippen LogP contribution in [0.2, 0.25) is 5.02 Å². The van der Waals surface area contributed by atoms with Gasteiger partial charge in [-0.15, -0.1) is 0 Å². The van der Waals surface area contributed by atoms with E-state index in [0.717, 1.165) is 6.07 Å². The highest BCUT2D eigenvalue weighted by atomic mass is 35.5. The highest BCUT2D eigenvalue weighted by Gasteiger charge is 2.16. The number of aromatic nitrogens is 2. The molecular weight excluding hydrogens is 235 g/mol. The smallest absolute Gasteiger partial charge is 0.359 e. The summed E-state index contributed by atoms with van der Waals surface area (Å²) in [5, 5.41) is 6.70. The number of H-pyrrole nitrogens is 1. The van der Waals surface area contributed by atoms with E-state index in [9.17, 15) is 9.18 Å². The van der Waals surface area contributed by atoms with E-state index in [0.29, 0.717) is 10.9 Å². The lowest BCUT2D eigenvalue weighted by Crippen LogP contribution is -2.05. The van der Waals surface area contributed by atoms with Crippen molar-refractivity contribution in [2.75, 3.05) is 6.61 Å². The van der Waals surface area contributed by atoms with E-state index in [4.69, 9.17) is 16.3 Å². The van der Waals surface area contributed by atoms with Crippen LogP contribution in [0.5, 0.6) is 0 Å². The predicted molar refractivity (Wildman–Crippen MR) is 57.0 cm³/mol. The fourth-order valence-electron chi connectivity index (χ4n) is 1.37. The summed E-state index contributed by atoms with van der Waals surface area (Å²) in [5.74, 6) is -1.18. The van der Waals surface area contributed by atoms with Gasteiger partial charge in [0, 0.05) is 5.39 Å². The van der Waals surface area contributed by atoms with Crippen LogP contribution >= 0.6 is 11.6 Å². The van der Waals surface area contributed by atoms with Crippen molar-refractivity contribution >= 4 is 28.5 Å². The standard InChI is InChI=1S/C10H8ClFN2O2/c1-2-16-10(15)9-5-3-7(12)6(11)4-8(5)13-14-9/h3-4H,2H2,1H3,(H,13,14). The van der Waals surface area contributed by atoms with Crippen LogP contribution in [0.4, 0.5) is 4.39 Å². The van der Waals surface area contributed by atoms with Crippen LogP contribution in [0.1, 0.15) is 17.4 Å². The van der Waals surface area contributed by atoms with Gasteiger partial charge in [0.2, 0.25) is 0 Å². The number of hydrogen-bond acceptors (Lipinski definition) is 3. The van der Waals surface area contributed by atoms with Crippen molar-refractivity contribution in [1.29, 1.82) is 0 Å². The first kappa shape index (κ1) is 10.9. The van der Waals surface area contributed by atoms with E-state index in [2.05, 4.69) is 10.2 Å². The maximum absolute atomic E-state index is 13.2. The van der Waals surface area contributed by atoms with E-state index in [1.165, 1.54) is 6.07 Å². The number of ether oxygens (including phenoxy) is 1. The van der Waals surface area contributed by atoms with Gasteiger partial charge in [0.15, 0.2) is 5.69 Å². The molecule has 4 nitrogen and oxygen atoms in total. The zero-order valence-corrected chi connectivity index (χ0v) is 9.14. The summed E-state index contributed by atoms with van der Waals surface area (Å²) in [6.45, 7) is 1.92. The Morgan fingerprint density at radius 3 is 3.06 bits per heavy atom. The quantitative estimate of drug-likeness (QED) is 0.824. The third kappa shape index (κ3) is 1.74. The molecule has 1 aromatic carbocycles. The summed E-state index contributed by atoms with van der Waals surface area (Å²) in [6.07, 6.45) is 0. The molecule has 0 saturated heterocycles. The Bertz CT molecular complexity index is 553. The molecule has 1 N–H and O–H groups in total. The normalized spacial score (nSPS) is 10.7. The average Bonchev–Trinajstić information content (AvgIpc) is 2.62. The second kappa shape index (κ2) is 4.09. The number of aromatic amines is 1. The molecule has 0 spiro atoms. The van der Waals surface area contributed by atoms with Crippen molar-refractivity contribution in [1.82, 2.24) is 10.2 Å². The molecular formula is C10H8ClFN2O2. The molecule has 16 heavy (non-hydrogen) atoms. The first-order valence-electron chi connectivity index (χ1n) is 4.63. The van der Waals surface area contributed by atoms with E-state index in [1.54, 1.807) is 6.92 Å². The number of esters is 1. The molecule has 0 amide bonds.